The Kier molecular flexibility index (Phi) is 6.43. The number of rotatable bonds is 6. The van der Waals surface area contributed by atoms with Crippen LogP contribution in [0.4, 0.5) is 0 Å². The summed E-state index contributed by atoms with van der Waals surface area (Å²) in [6, 6.07) is 14.2. The van der Waals surface area contributed by atoms with Crippen molar-refractivity contribution in [3.8, 4) is 0 Å². The molecule has 0 heterocycles. The second kappa shape index (κ2) is 8.09. The number of benzene rings is 2. The van der Waals surface area contributed by atoms with Crippen molar-refractivity contribution in [2.24, 2.45) is 5.73 Å². The highest BCUT2D eigenvalue weighted by atomic mass is 35.5. The van der Waals surface area contributed by atoms with Crippen LogP contribution < -0.4 is 5.73 Å². The van der Waals surface area contributed by atoms with E-state index in [-0.39, 0.29) is 6.04 Å². The van der Waals surface area contributed by atoms with Gasteiger partial charge >= 0.3 is 0 Å². The molecule has 1 unspecified atom stereocenters. The van der Waals surface area contributed by atoms with E-state index < -0.39 is 0 Å². The van der Waals surface area contributed by atoms with E-state index in [2.05, 4.69) is 25.1 Å². The van der Waals surface area contributed by atoms with Gasteiger partial charge in [-0.1, -0.05) is 48.3 Å². The predicted molar refractivity (Wildman–Crippen MR) is 94.4 cm³/mol. The first kappa shape index (κ1) is 16.7. The van der Waals surface area contributed by atoms with E-state index in [1.54, 1.807) is 11.8 Å². The van der Waals surface area contributed by atoms with E-state index >= 15 is 0 Å². The van der Waals surface area contributed by atoms with Crippen LogP contribution in [0.1, 0.15) is 24.5 Å². The van der Waals surface area contributed by atoms with E-state index in [4.69, 9.17) is 28.9 Å². The highest BCUT2D eigenvalue weighted by Gasteiger charge is 2.08. The van der Waals surface area contributed by atoms with Gasteiger partial charge in [0, 0.05) is 26.7 Å². The van der Waals surface area contributed by atoms with Crippen LogP contribution in [-0.2, 0) is 12.2 Å². The maximum Gasteiger partial charge on any atom is 0.0417 e. The second-order valence-corrected chi connectivity index (χ2v) is 6.93. The minimum atomic E-state index is 0.195. The first-order valence-corrected chi connectivity index (χ1v) is 8.74. The molecule has 0 spiro atoms. The molecule has 2 aromatic rings. The molecule has 0 saturated heterocycles. The Bertz CT molecular complexity index is 584. The molecule has 21 heavy (non-hydrogen) atoms. The molecule has 1 nitrogen and oxygen atoms in total. The van der Waals surface area contributed by atoms with Crippen molar-refractivity contribution >= 4 is 35.0 Å². The number of thioether (sulfide) groups is 1. The summed E-state index contributed by atoms with van der Waals surface area (Å²) in [6.45, 7) is 2.11. The average molecular weight is 340 g/mol. The third kappa shape index (κ3) is 5.23. The van der Waals surface area contributed by atoms with Crippen LogP contribution >= 0.6 is 35.0 Å². The molecule has 0 radical (unpaired) electrons. The normalized spacial score (nSPS) is 12.4. The quantitative estimate of drug-likeness (QED) is 0.696. The molecule has 0 fully saturated rings. The Morgan fingerprint density at radius 2 is 1.71 bits per heavy atom. The van der Waals surface area contributed by atoms with Crippen molar-refractivity contribution in [2.45, 2.75) is 36.5 Å². The number of hydrogen-bond donors (Lipinski definition) is 1. The highest BCUT2D eigenvalue weighted by Crippen LogP contribution is 2.30. The Morgan fingerprint density at radius 3 is 2.38 bits per heavy atom. The van der Waals surface area contributed by atoms with Crippen LogP contribution in [0.3, 0.4) is 0 Å². The van der Waals surface area contributed by atoms with E-state index in [9.17, 15) is 0 Å². The first-order valence-electron chi connectivity index (χ1n) is 6.99. The molecule has 0 aromatic heterocycles. The number of hydrogen-bond acceptors (Lipinski definition) is 2. The van der Waals surface area contributed by atoms with Crippen LogP contribution in [0.5, 0.6) is 0 Å². The van der Waals surface area contributed by atoms with Crippen LogP contribution in [0.15, 0.2) is 47.4 Å². The van der Waals surface area contributed by atoms with Crippen LogP contribution in [0, 0.1) is 0 Å². The van der Waals surface area contributed by atoms with Crippen molar-refractivity contribution in [3.05, 3.63) is 63.6 Å². The summed E-state index contributed by atoms with van der Waals surface area (Å²) in [4.78, 5) is 1.21. The van der Waals surface area contributed by atoms with Gasteiger partial charge in [-0.3, -0.25) is 0 Å². The maximum absolute atomic E-state index is 6.13. The minimum absolute atomic E-state index is 0.195. The van der Waals surface area contributed by atoms with Gasteiger partial charge in [0.05, 0.1) is 0 Å². The number of nitrogens with two attached hydrogens (primary N) is 1. The maximum atomic E-state index is 6.13. The van der Waals surface area contributed by atoms with Crippen LogP contribution in [0.25, 0.3) is 0 Å². The van der Waals surface area contributed by atoms with Crippen LogP contribution in [0.2, 0.25) is 10.0 Å². The van der Waals surface area contributed by atoms with Crippen molar-refractivity contribution in [1.82, 2.24) is 0 Å². The summed E-state index contributed by atoms with van der Waals surface area (Å²) < 4.78 is 0. The molecule has 0 aliphatic rings. The zero-order valence-corrected chi connectivity index (χ0v) is 14.3. The molecule has 0 amide bonds. The third-order valence-corrected chi connectivity index (χ3v) is 5.00. The average Bonchev–Trinajstić information content (AvgIpc) is 2.49. The fourth-order valence-electron chi connectivity index (χ4n) is 2.00. The fourth-order valence-corrected chi connectivity index (χ4v) is 3.42. The molecular weight excluding hydrogens is 321 g/mol. The second-order valence-electron chi connectivity index (χ2n) is 5.04. The minimum Gasteiger partial charge on any atom is -0.327 e. The molecule has 112 valence electrons. The number of halogens is 2. The van der Waals surface area contributed by atoms with E-state index in [1.807, 2.05) is 24.3 Å². The van der Waals surface area contributed by atoms with E-state index in [1.165, 1.54) is 16.0 Å². The van der Waals surface area contributed by atoms with Gasteiger partial charge in [-0.25, -0.2) is 0 Å². The third-order valence-electron chi connectivity index (χ3n) is 3.34. The van der Waals surface area contributed by atoms with Gasteiger partial charge in [-0.2, -0.15) is 0 Å². The molecule has 1 atom stereocenters. The molecule has 0 aliphatic carbocycles. The first-order chi connectivity index (χ1) is 10.1. The van der Waals surface area contributed by atoms with Crippen molar-refractivity contribution in [1.29, 1.82) is 0 Å². The molecule has 0 saturated carbocycles. The summed E-state index contributed by atoms with van der Waals surface area (Å²) in [7, 11) is 0. The zero-order valence-electron chi connectivity index (χ0n) is 12.0. The van der Waals surface area contributed by atoms with E-state index in [0.29, 0.717) is 0 Å². The molecule has 2 aromatic carbocycles. The smallest absolute Gasteiger partial charge is 0.0417 e. The van der Waals surface area contributed by atoms with Gasteiger partial charge < -0.3 is 5.73 Å². The molecule has 2 N–H and O–H groups in total. The lowest BCUT2D eigenvalue weighted by molar-refractivity contribution is 0.641. The molecule has 0 aliphatic heterocycles. The lowest BCUT2D eigenvalue weighted by Crippen LogP contribution is -2.21. The standard InChI is InChI=1S/C17H19Cl2NS/c1-2-16(20)9-13-5-8-15(19)10-17(13)21-11-12-3-6-14(18)7-4-12/h3-8,10,16H,2,9,11,20H2,1H3. The lowest BCUT2D eigenvalue weighted by atomic mass is 10.1. The Morgan fingerprint density at radius 1 is 1.05 bits per heavy atom. The van der Waals surface area contributed by atoms with Gasteiger partial charge in [0.15, 0.2) is 0 Å². The zero-order chi connectivity index (χ0) is 15.2. The van der Waals surface area contributed by atoms with Gasteiger partial charge in [-0.15, -0.1) is 11.8 Å². The van der Waals surface area contributed by atoms with Crippen molar-refractivity contribution in [2.75, 3.05) is 0 Å². The monoisotopic (exact) mass is 339 g/mol. The SMILES string of the molecule is CCC(N)Cc1ccc(Cl)cc1SCc1ccc(Cl)cc1. The van der Waals surface area contributed by atoms with Gasteiger partial charge in [0.1, 0.15) is 0 Å². The lowest BCUT2D eigenvalue weighted by Gasteiger charge is -2.13. The largest absolute Gasteiger partial charge is 0.327 e. The van der Waals surface area contributed by atoms with Crippen molar-refractivity contribution < 1.29 is 0 Å². The molecule has 0 bridgehead atoms. The van der Waals surface area contributed by atoms with Gasteiger partial charge in [0.2, 0.25) is 0 Å². The summed E-state index contributed by atoms with van der Waals surface area (Å²) in [5.74, 6) is 0.895. The Labute approximate surface area is 140 Å². The van der Waals surface area contributed by atoms with E-state index in [0.717, 1.165) is 28.6 Å². The molecule has 4 heteroatoms. The summed E-state index contributed by atoms with van der Waals surface area (Å²) in [6.07, 6.45) is 1.86. The van der Waals surface area contributed by atoms with Crippen molar-refractivity contribution in [3.63, 3.8) is 0 Å². The van der Waals surface area contributed by atoms with Crippen LogP contribution in [-0.4, -0.2) is 6.04 Å². The summed E-state index contributed by atoms with van der Waals surface area (Å²) in [5.41, 5.74) is 8.60. The Balaban J connectivity index is 2.10. The van der Waals surface area contributed by atoms with Gasteiger partial charge in [-0.05, 0) is 48.2 Å². The summed E-state index contributed by atoms with van der Waals surface area (Å²) in [5, 5.41) is 1.53. The molecular formula is C17H19Cl2NS. The van der Waals surface area contributed by atoms with Gasteiger partial charge in [0.25, 0.3) is 0 Å². The predicted octanol–water partition coefficient (Wildman–Crippen LogP) is 5.57. The topological polar surface area (TPSA) is 26.0 Å². The Hall–Kier alpha value is -0.670. The summed E-state index contributed by atoms with van der Waals surface area (Å²) >= 11 is 13.8. The molecule has 2 rings (SSSR count). The highest BCUT2D eigenvalue weighted by molar-refractivity contribution is 7.98. The fraction of sp³-hybridized carbons (Fsp3) is 0.294.